The zero-order valence-corrected chi connectivity index (χ0v) is 15.3. The van der Waals surface area contributed by atoms with Crippen LogP contribution >= 0.6 is 0 Å². The van der Waals surface area contributed by atoms with Crippen LogP contribution in [0.3, 0.4) is 0 Å². The number of nitriles is 1. The van der Waals surface area contributed by atoms with Crippen molar-refractivity contribution in [1.29, 1.82) is 5.26 Å². The van der Waals surface area contributed by atoms with Crippen molar-refractivity contribution in [3.05, 3.63) is 59.8 Å². The van der Waals surface area contributed by atoms with Crippen LogP contribution in [0.4, 0.5) is 23.1 Å². The molecule has 7 nitrogen and oxygen atoms in total. The van der Waals surface area contributed by atoms with Gasteiger partial charge in [-0.15, -0.1) is 0 Å². The van der Waals surface area contributed by atoms with Crippen LogP contribution in [0.2, 0.25) is 0 Å². The summed E-state index contributed by atoms with van der Waals surface area (Å²) in [7, 11) is 3.20. The molecule has 0 fully saturated rings. The van der Waals surface area contributed by atoms with Gasteiger partial charge in [0.1, 0.15) is 17.3 Å². The molecule has 7 heteroatoms. The molecule has 2 N–H and O–H groups in total. The number of anilines is 4. The van der Waals surface area contributed by atoms with E-state index >= 15 is 0 Å². The summed E-state index contributed by atoms with van der Waals surface area (Å²) >= 11 is 0. The predicted molar refractivity (Wildman–Crippen MR) is 104 cm³/mol. The first-order valence-corrected chi connectivity index (χ1v) is 8.23. The van der Waals surface area contributed by atoms with Crippen molar-refractivity contribution < 1.29 is 9.47 Å². The van der Waals surface area contributed by atoms with Gasteiger partial charge in [-0.25, -0.2) is 4.98 Å². The van der Waals surface area contributed by atoms with E-state index in [-0.39, 0.29) is 0 Å². The van der Waals surface area contributed by atoms with E-state index in [0.717, 1.165) is 17.1 Å². The van der Waals surface area contributed by atoms with E-state index in [9.17, 15) is 0 Å². The van der Waals surface area contributed by atoms with Crippen molar-refractivity contribution in [2.75, 3.05) is 24.9 Å². The van der Waals surface area contributed by atoms with E-state index in [1.54, 1.807) is 38.5 Å². The standard InChI is InChI=1S/C20H19N5O2/c1-13-9-19(24-17-8-7-16(26-2)11-18(17)27-3)25-20(22-13)23-15-6-4-5-14(10-15)12-21/h4-11H,1-3H3,(H2,22,23,24,25). The summed E-state index contributed by atoms with van der Waals surface area (Å²) in [6.07, 6.45) is 0. The molecule has 1 aromatic heterocycles. The van der Waals surface area contributed by atoms with E-state index in [4.69, 9.17) is 14.7 Å². The number of hydrogen-bond donors (Lipinski definition) is 2. The SMILES string of the molecule is COc1ccc(Nc2cc(C)nc(Nc3cccc(C#N)c3)n2)c(OC)c1. The molecule has 0 radical (unpaired) electrons. The normalized spacial score (nSPS) is 10.0. The summed E-state index contributed by atoms with van der Waals surface area (Å²) in [6, 6.07) is 16.6. The molecule has 0 saturated heterocycles. The molecule has 0 bridgehead atoms. The smallest absolute Gasteiger partial charge is 0.229 e. The minimum absolute atomic E-state index is 0.431. The topological polar surface area (TPSA) is 92.1 Å². The molecule has 3 aromatic rings. The van der Waals surface area contributed by atoms with Crippen LogP contribution in [-0.4, -0.2) is 24.2 Å². The largest absolute Gasteiger partial charge is 0.497 e. The van der Waals surface area contributed by atoms with E-state index in [2.05, 4.69) is 26.7 Å². The predicted octanol–water partition coefficient (Wildman–Crippen LogP) is 4.16. The molecule has 3 rings (SSSR count). The number of nitrogens with one attached hydrogen (secondary N) is 2. The fraction of sp³-hybridized carbons (Fsp3) is 0.150. The second kappa shape index (κ2) is 8.06. The van der Waals surface area contributed by atoms with Gasteiger partial charge in [0.05, 0.1) is 31.5 Å². The maximum atomic E-state index is 9.03. The second-order valence-electron chi connectivity index (χ2n) is 5.73. The van der Waals surface area contributed by atoms with Gasteiger partial charge in [-0.05, 0) is 37.3 Å². The van der Waals surface area contributed by atoms with E-state index in [0.29, 0.717) is 28.8 Å². The van der Waals surface area contributed by atoms with Gasteiger partial charge in [0.25, 0.3) is 0 Å². The van der Waals surface area contributed by atoms with Crippen LogP contribution in [0, 0.1) is 18.3 Å². The number of benzene rings is 2. The third kappa shape index (κ3) is 4.44. The summed E-state index contributed by atoms with van der Waals surface area (Å²) in [5.41, 5.74) is 2.86. The van der Waals surface area contributed by atoms with Crippen molar-refractivity contribution in [3.8, 4) is 17.6 Å². The molecule has 0 aliphatic heterocycles. The van der Waals surface area contributed by atoms with Crippen molar-refractivity contribution in [1.82, 2.24) is 9.97 Å². The Hall–Kier alpha value is -3.79. The highest BCUT2D eigenvalue weighted by molar-refractivity contribution is 5.67. The Morgan fingerprint density at radius 1 is 0.963 bits per heavy atom. The lowest BCUT2D eigenvalue weighted by Gasteiger charge is -2.13. The number of aryl methyl sites for hydroxylation is 1. The van der Waals surface area contributed by atoms with Crippen LogP contribution in [0.1, 0.15) is 11.3 Å². The Balaban J connectivity index is 1.86. The summed E-state index contributed by atoms with van der Waals surface area (Å²) in [6.45, 7) is 1.88. The zero-order chi connectivity index (χ0) is 19.2. The minimum Gasteiger partial charge on any atom is -0.497 e. The van der Waals surface area contributed by atoms with E-state index < -0.39 is 0 Å². The van der Waals surface area contributed by atoms with Gasteiger partial charge in [-0.3, -0.25) is 0 Å². The third-order valence-corrected chi connectivity index (χ3v) is 3.77. The summed E-state index contributed by atoms with van der Waals surface area (Å²) < 4.78 is 10.6. The number of aromatic nitrogens is 2. The lowest BCUT2D eigenvalue weighted by Crippen LogP contribution is -2.03. The number of nitrogens with zero attached hydrogens (tertiary/aromatic N) is 3. The molecule has 0 atom stereocenters. The number of methoxy groups -OCH3 is 2. The first kappa shape index (κ1) is 18.0. The number of hydrogen-bond acceptors (Lipinski definition) is 7. The van der Waals surface area contributed by atoms with Crippen molar-refractivity contribution in [2.24, 2.45) is 0 Å². The molecule has 0 aliphatic rings. The lowest BCUT2D eigenvalue weighted by atomic mass is 10.2. The molecule has 136 valence electrons. The Morgan fingerprint density at radius 2 is 1.81 bits per heavy atom. The molecular formula is C20H19N5O2. The van der Waals surface area contributed by atoms with E-state index in [1.807, 2.05) is 31.2 Å². The fourth-order valence-electron chi connectivity index (χ4n) is 2.52. The van der Waals surface area contributed by atoms with Crippen LogP contribution in [0.5, 0.6) is 11.5 Å². The summed E-state index contributed by atoms with van der Waals surface area (Å²) in [5.74, 6) is 2.39. The van der Waals surface area contributed by atoms with Crippen LogP contribution in [0.25, 0.3) is 0 Å². The number of ether oxygens (including phenoxy) is 2. The maximum absolute atomic E-state index is 9.03. The average Bonchev–Trinajstić information content (AvgIpc) is 2.68. The first-order valence-electron chi connectivity index (χ1n) is 8.23. The highest BCUT2D eigenvalue weighted by atomic mass is 16.5. The van der Waals surface area contributed by atoms with Gasteiger partial charge >= 0.3 is 0 Å². The van der Waals surface area contributed by atoms with Crippen molar-refractivity contribution >= 4 is 23.1 Å². The van der Waals surface area contributed by atoms with E-state index in [1.165, 1.54) is 0 Å². The highest BCUT2D eigenvalue weighted by Crippen LogP contribution is 2.31. The van der Waals surface area contributed by atoms with Gasteiger partial charge in [-0.2, -0.15) is 10.2 Å². The Kier molecular flexibility index (Phi) is 5.38. The van der Waals surface area contributed by atoms with Crippen molar-refractivity contribution in [3.63, 3.8) is 0 Å². The second-order valence-corrected chi connectivity index (χ2v) is 5.73. The quantitative estimate of drug-likeness (QED) is 0.681. The molecule has 0 aliphatic carbocycles. The Bertz CT molecular complexity index is 998. The van der Waals surface area contributed by atoms with Crippen LogP contribution in [-0.2, 0) is 0 Å². The third-order valence-electron chi connectivity index (χ3n) is 3.77. The van der Waals surface area contributed by atoms with Gasteiger partial charge in [-0.1, -0.05) is 6.07 Å². The lowest BCUT2D eigenvalue weighted by molar-refractivity contribution is 0.395. The molecule has 2 aromatic carbocycles. The molecule has 0 saturated carbocycles. The molecular weight excluding hydrogens is 342 g/mol. The molecule has 1 heterocycles. The Labute approximate surface area is 157 Å². The average molecular weight is 361 g/mol. The van der Waals surface area contributed by atoms with Crippen LogP contribution in [0.15, 0.2) is 48.5 Å². The Morgan fingerprint density at radius 3 is 2.56 bits per heavy atom. The van der Waals surface area contributed by atoms with Gasteiger partial charge in [0.2, 0.25) is 5.95 Å². The number of rotatable bonds is 6. The van der Waals surface area contributed by atoms with Gasteiger partial charge < -0.3 is 20.1 Å². The highest BCUT2D eigenvalue weighted by Gasteiger charge is 2.08. The van der Waals surface area contributed by atoms with Crippen LogP contribution < -0.4 is 20.1 Å². The zero-order valence-electron chi connectivity index (χ0n) is 15.3. The molecule has 27 heavy (non-hydrogen) atoms. The molecule has 0 amide bonds. The summed E-state index contributed by atoms with van der Waals surface area (Å²) in [5, 5.41) is 15.4. The first-order chi connectivity index (χ1) is 13.1. The van der Waals surface area contributed by atoms with Crippen molar-refractivity contribution in [2.45, 2.75) is 6.92 Å². The molecule has 0 spiro atoms. The maximum Gasteiger partial charge on any atom is 0.229 e. The van der Waals surface area contributed by atoms with Gasteiger partial charge in [0, 0.05) is 23.5 Å². The fourth-order valence-corrected chi connectivity index (χ4v) is 2.52. The summed E-state index contributed by atoms with van der Waals surface area (Å²) in [4.78, 5) is 8.89. The molecule has 0 unspecified atom stereocenters. The minimum atomic E-state index is 0.431. The van der Waals surface area contributed by atoms with Gasteiger partial charge in [0.15, 0.2) is 0 Å². The monoisotopic (exact) mass is 361 g/mol.